The smallest absolute Gasteiger partial charge is 0.159 e. The highest BCUT2D eigenvalue weighted by Crippen LogP contribution is 2.22. The molecule has 3 heteroatoms. The Morgan fingerprint density at radius 1 is 1.15 bits per heavy atom. The molecule has 1 aromatic rings. The normalized spacial score (nSPS) is 8.69. The SMILES string of the molecule is CC.CC(=O)c1ccc(Cl)c(Cl)c1. The van der Waals surface area contributed by atoms with E-state index in [-0.39, 0.29) is 5.78 Å². The summed E-state index contributed by atoms with van der Waals surface area (Å²) in [6.45, 7) is 5.49. The maximum absolute atomic E-state index is 10.8. The lowest BCUT2D eigenvalue weighted by atomic mass is 10.1. The van der Waals surface area contributed by atoms with Crippen LogP contribution in [-0.2, 0) is 0 Å². The summed E-state index contributed by atoms with van der Waals surface area (Å²) in [7, 11) is 0. The molecule has 0 aliphatic rings. The number of carbonyl (C=O) groups is 1. The fourth-order valence-corrected chi connectivity index (χ4v) is 1.01. The van der Waals surface area contributed by atoms with Gasteiger partial charge in [0.2, 0.25) is 0 Å². The second kappa shape index (κ2) is 6.01. The number of hydrogen-bond donors (Lipinski definition) is 0. The van der Waals surface area contributed by atoms with Gasteiger partial charge in [-0.3, -0.25) is 4.79 Å². The zero-order valence-electron chi connectivity index (χ0n) is 7.90. The van der Waals surface area contributed by atoms with Gasteiger partial charge in [0.1, 0.15) is 0 Å². The summed E-state index contributed by atoms with van der Waals surface area (Å²) in [6, 6.07) is 4.82. The van der Waals surface area contributed by atoms with Crippen LogP contribution in [0.1, 0.15) is 31.1 Å². The molecule has 72 valence electrons. The van der Waals surface area contributed by atoms with E-state index in [0.717, 1.165) is 0 Å². The molecule has 1 aromatic carbocycles. The standard InChI is InChI=1S/C8H6Cl2O.C2H6/c1-5(11)6-2-3-7(9)8(10)4-6;1-2/h2-4H,1H3;1-2H3. The van der Waals surface area contributed by atoms with E-state index >= 15 is 0 Å². The monoisotopic (exact) mass is 218 g/mol. The maximum Gasteiger partial charge on any atom is 0.159 e. The van der Waals surface area contributed by atoms with E-state index in [1.807, 2.05) is 13.8 Å². The molecular weight excluding hydrogens is 207 g/mol. The summed E-state index contributed by atoms with van der Waals surface area (Å²) in [5.74, 6) is -0.0106. The average Bonchev–Trinajstić information content (AvgIpc) is 2.13. The van der Waals surface area contributed by atoms with Crippen LogP contribution in [0.5, 0.6) is 0 Å². The van der Waals surface area contributed by atoms with Crippen molar-refractivity contribution in [1.29, 1.82) is 0 Å². The van der Waals surface area contributed by atoms with Crippen LogP contribution in [0.25, 0.3) is 0 Å². The Labute approximate surface area is 88.7 Å². The fourth-order valence-electron chi connectivity index (χ4n) is 0.715. The zero-order chi connectivity index (χ0) is 10.4. The number of carbonyl (C=O) groups excluding carboxylic acids is 1. The Hall–Kier alpha value is -0.530. The van der Waals surface area contributed by atoms with Crippen LogP contribution in [0.4, 0.5) is 0 Å². The number of benzene rings is 1. The van der Waals surface area contributed by atoms with Crippen LogP contribution in [0.2, 0.25) is 10.0 Å². The lowest BCUT2D eigenvalue weighted by Crippen LogP contribution is -1.90. The second-order valence-corrected chi connectivity index (χ2v) is 3.00. The summed E-state index contributed by atoms with van der Waals surface area (Å²) in [5, 5.41) is 0.885. The van der Waals surface area contributed by atoms with Gasteiger partial charge < -0.3 is 0 Å². The summed E-state index contributed by atoms with van der Waals surface area (Å²) >= 11 is 11.3. The minimum absolute atomic E-state index is 0.0106. The third-order valence-electron chi connectivity index (χ3n) is 1.33. The quantitative estimate of drug-likeness (QED) is 0.646. The van der Waals surface area contributed by atoms with E-state index in [4.69, 9.17) is 23.2 Å². The molecule has 0 spiro atoms. The summed E-state index contributed by atoms with van der Waals surface area (Å²) in [6.07, 6.45) is 0. The second-order valence-electron chi connectivity index (χ2n) is 2.19. The van der Waals surface area contributed by atoms with Gasteiger partial charge in [-0.05, 0) is 25.1 Å². The van der Waals surface area contributed by atoms with E-state index < -0.39 is 0 Å². The molecule has 0 aliphatic carbocycles. The zero-order valence-corrected chi connectivity index (χ0v) is 9.41. The Bertz CT molecular complexity index is 295. The molecule has 1 rings (SSSR count). The van der Waals surface area contributed by atoms with E-state index in [1.165, 1.54) is 6.92 Å². The minimum atomic E-state index is -0.0106. The van der Waals surface area contributed by atoms with E-state index in [2.05, 4.69) is 0 Å². The molecule has 0 aliphatic heterocycles. The Morgan fingerprint density at radius 3 is 2.08 bits per heavy atom. The number of hydrogen-bond acceptors (Lipinski definition) is 1. The van der Waals surface area contributed by atoms with Gasteiger partial charge in [-0.2, -0.15) is 0 Å². The largest absolute Gasteiger partial charge is 0.295 e. The summed E-state index contributed by atoms with van der Waals surface area (Å²) in [5.41, 5.74) is 0.583. The van der Waals surface area contributed by atoms with Crippen molar-refractivity contribution in [3.8, 4) is 0 Å². The Kier molecular flexibility index (Phi) is 5.76. The van der Waals surface area contributed by atoms with Gasteiger partial charge in [-0.15, -0.1) is 0 Å². The van der Waals surface area contributed by atoms with Crippen LogP contribution in [-0.4, -0.2) is 5.78 Å². The third-order valence-corrected chi connectivity index (χ3v) is 2.07. The minimum Gasteiger partial charge on any atom is -0.295 e. The van der Waals surface area contributed by atoms with Crippen molar-refractivity contribution in [3.63, 3.8) is 0 Å². The highest BCUT2D eigenvalue weighted by Gasteiger charge is 2.01. The first-order chi connectivity index (χ1) is 6.11. The van der Waals surface area contributed by atoms with Gasteiger partial charge in [0.15, 0.2) is 5.78 Å². The van der Waals surface area contributed by atoms with Gasteiger partial charge in [0.25, 0.3) is 0 Å². The predicted octanol–water partition coefficient (Wildman–Crippen LogP) is 4.22. The highest BCUT2D eigenvalue weighted by atomic mass is 35.5. The molecule has 0 N–H and O–H groups in total. The number of Topliss-reactive ketones (excluding diaryl/α,β-unsaturated/α-hetero) is 1. The van der Waals surface area contributed by atoms with Crippen molar-refractivity contribution < 1.29 is 4.79 Å². The maximum atomic E-state index is 10.8. The van der Waals surface area contributed by atoms with Crippen molar-refractivity contribution in [1.82, 2.24) is 0 Å². The van der Waals surface area contributed by atoms with Crippen molar-refractivity contribution in [2.24, 2.45) is 0 Å². The van der Waals surface area contributed by atoms with E-state index in [0.29, 0.717) is 15.6 Å². The molecule has 0 saturated carbocycles. The number of rotatable bonds is 1. The van der Waals surface area contributed by atoms with E-state index in [1.54, 1.807) is 18.2 Å². The van der Waals surface area contributed by atoms with Crippen LogP contribution >= 0.6 is 23.2 Å². The van der Waals surface area contributed by atoms with Crippen LogP contribution < -0.4 is 0 Å². The first-order valence-corrected chi connectivity index (χ1v) is 4.83. The Morgan fingerprint density at radius 2 is 1.69 bits per heavy atom. The molecule has 0 heterocycles. The number of halogens is 2. The highest BCUT2D eigenvalue weighted by molar-refractivity contribution is 6.42. The molecule has 0 unspecified atom stereocenters. The van der Waals surface area contributed by atoms with Crippen molar-refractivity contribution >= 4 is 29.0 Å². The van der Waals surface area contributed by atoms with Crippen LogP contribution in [0.3, 0.4) is 0 Å². The lowest BCUT2D eigenvalue weighted by molar-refractivity contribution is 0.101. The molecule has 0 fully saturated rings. The van der Waals surface area contributed by atoms with E-state index in [9.17, 15) is 4.79 Å². The molecule has 0 radical (unpaired) electrons. The average molecular weight is 219 g/mol. The third kappa shape index (κ3) is 3.79. The molecule has 0 bridgehead atoms. The van der Waals surface area contributed by atoms with Gasteiger partial charge >= 0.3 is 0 Å². The van der Waals surface area contributed by atoms with Gasteiger partial charge in [-0.1, -0.05) is 37.0 Å². The number of ketones is 1. The molecular formula is C10H12Cl2O. The summed E-state index contributed by atoms with van der Waals surface area (Å²) in [4.78, 5) is 10.8. The predicted molar refractivity (Wildman–Crippen MR) is 57.8 cm³/mol. The van der Waals surface area contributed by atoms with Crippen LogP contribution in [0, 0.1) is 0 Å². The van der Waals surface area contributed by atoms with Gasteiger partial charge in [-0.25, -0.2) is 0 Å². The van der Waals surface area contributed by atoms with Gasteiger partial charge in [0.05, 0.1) is 10.0 Å². The molecule has 0 saturated heterocycles. The summed E-state index contributed by atoms with van der Waals surface area (Å²) < 4.78 is 0. The first kappa shape index (κ1) is 12.5. The van der Waals surface area contributed by atoms with Gasteiger partial charge in [0, 0.05) is 5.56 Å². The molecule has 1 nitrogen and oxygen atoms in total. The molecule has 0 aromatic heterocycles. The van der Waals surface area contributed by atoms with Crippen molar-refractivity contribution in [3.05, 3.63) is 33.8 Å². The Balaban J connectivity index is 0.000000671. The van der Waals surface area contributed by atoms with Crippen LogP contribution in [0.15, 0.2) is 18.2 Å². The molecule has 13 heavy (non-hydrogen) atoms. The van der Waals surface area contributed by atoms with Crippen molar-refractivity contribution in [2.75, 3.05) is 0 Å². The van der Waals surface area contributed by atoms with Crippen molar-refractivity contribution in [2.45, 2.75) is 20.8 Å². The topological polar surface area (TPSA) is 17.1 Å². The lowest BCUT2D eigenvalue weighted by Gasteiger charge is -1.97. The first-order valence-electron chi connectivity index (χ1n) is 4.07. The fraction of sp³-hybridized carbons (Fsp3) is 0.300. The molecule has 0 atom stereocenters. The molecule has 0 amide bonds.